The summed E-state index contributed by atoms with van der Waals surface area (Å²) < 4.78 is 84.6. The number of halogens is 5. The predicted molar refractivity (Wildman–Crippen MR) is 120 cm³/mol. The Morgan fingerprint density at radius 1 is 0.794 bits per heavy atom. The molecule has 0 unspecified atom stereocenters. The van der Waals surface area contributed by atoms with Crippen LogP contribution in [0.2, 0.25) is 0 Å². The van der Waals surface area contributed by atoms with E-state index in [1.807, 2.05) is 6.92 Å². The second kappa shape index (κ2) is 10.3. The van der Waals surface area contributed by atoms with Crippen LogP contribution in [0, 0.1) is 29.2 Å². The molecule has 0 bridgehead atoms. The number of aryl methyl sites for hydroxylation is 1. The van der Waals surface area contributed by atoms with Crippen molar-refractivity contribution in [2.24, 2.45) is 5.92 Å². The van der Waals surface area contributed by atoms with Gasteiger partial charge in [-0.05, 0) is 55.6 Å². The van der Waals surface area contributed by atoms with Crippen molar-refractivity contribution < 1.29 is 31.4 Å². The van der Waals surface area contributed by atoms with Gasteiger partial charge in [-0.1, -0.05) is 44.5 Å². The van der Waals surface area contributed by atoms with Gasteiger partial charge in [-0.15, -0.1) is 0 Å². The predicted octanol–water partition coefficient (Wildman–Crippen LogP) is 7.63. The van der Waals surface area contributed by atoms with Crippen molar-refractivity contribution >= 4 is 0 Å². The number of hydrogen-bond donors (Lipinski definition) is 0. The van der Waals surface area contributed by atoms with Gasteiger partial charge in [0.1, 0.15) is 0 Å². The first kappa shape index (κ1) is 25.1. The van der Waals surface area contributed by atoms with E-state index in [2.05, 4.69) is 0 Å². The van der Waals surface area contributed by atoms with Crippen LogP contribution < -0.4 is 0 Å². The first-order valence-electron chi connectivity index (χ1n) is 12.1. The summed E-state index contributed by atoms with van der Waals surface area (Å²) in [6.45, 7) is 3.64. The van der Waals surface area contributed by atoms with Gasteiger partial charge < -0.3 is 9.47 Å². The fourth-order valence-corrected chi connectivity index (χ4v) is 5.28. The van der Waals surface area contributed by atoms with Crippen LogP contribution in [-0.2, 0) is 15.9 Å². The zero-order valence-corrected chi connectivity index (χ0v) is 19.6. The fraction of sp³-hybridized carbons (Fsp3) is 0.556. The number of benzene rings is 2. The molecule has 2 aliphatic rings. The van der Waals surface area contributed by atoms with Crippen LogP contribution in [0.4, 0.5) is 22.0 Å². The van der Waals surface area contributed by atoms with Crippen molar-refractivity contribution in [3.8, 4) is 11.1 Å². The minimum atomic E-state index is -1.44. The Hall–Kier alpha value is -1.99. The first-order valence-corrected chi connectivity index (χ1v) is 12.1. The molecule has 0 atom stereocenters. The minimum absolute atomic E-state index is 0.0170. The molecule has 0 N–H and O–H groups in total. The molecule has 1 saturated carbocycles. The molecule has 1 aliphatic carbocycles. The molecule has 34 heavy (non-hydrogen) atoms. The number of hydrogen-bond acceptors (Lipinski definition) is 2. The van der Waals surface area contributed by atoms with Gasteiger partial charge in [-0.2, -0.15) is 0 Å². The summed E-state index contributed by atoms with van der Waals surface area (Å²) in [5, 5.41) is 0. The molecular formula is C27H31F5O2. The van der Waals surface area contributed by atoms with Crippen molar-refractivity contribution in [3.63, 3.8) is 0 Å². The van der Waals surface area contributed by atoms with Crippen molar-refractivity contribution in [1.82, 2.24) is 0 Å². The van der Waals surface area contributed by atoms with E-state index >= 15 is 4.39 Å². The standard InChI is InChI=1S/C27H31F5O2/c1-3-13-27(32)14-33-26(34-15-27)18-7-5-17(6-8-18)19-11-12-21(25(31)23(19)29)20-10-9-16(4-2)22(28)24(20)30/h9-12,17-18,26H,3-8,13-15H2,1-2H3. The van der Waals surface area contributed by atoms with Gasteiger partial charge >= 0.3 is 0 Å². The Kier molecular flexibility index (Phi) is 7.63. The molecular weight excluding hydrogens is 451 g/mol. The van der Waals surface area contributed by atoms with Crippen molar-refractivity contribution in [1.29, 1.82) is 0 Å². The van der Waals surface area contributed by atoms with Gasteiger partial charge in [0.05, 0.1) is 13.2 Å². The van der Waals surface area contributed by atoms with Crippen molar-refractivity contribution in [2.45, 2.75) is 76.7 Å². The molecule has 1 heterocycles. The van der Waals surface area contributed by atoms with E-state index in [0.29, 0.717) is 44.9 Å². The molecule has 1 aliphatic heterocycles. The van der Waals surface area contributed by atoms with E-state index < -0.39 is 35.2 Å². The number of alkyl halides is 1. The van der Waals surface area contributed by atoms with Crippen LogP contribution in [0.15, 0.2) is 24.3 Å². The molecule has 1 saturated heterocycles. The first-order chi connectivity index (χ1) is 16.3. The second-order valence-electron chi connectivity index (χ2n) is 9.59. The van der Waals surface area contributed by atoms with E-state index in [4.69, 9.17) is 9.47 Å². The maximum atomic E-state index is 15.0. The molecule has 0 aromatic heterocycles. The molecule has 0 radical (unpaired) electrons. The lowest BCUT2D eigenvalue weighted by Crippen LogP contribution is -2.46. The molecule has 7 heteroatoms. The quantitative estimate of drug-likeness (QED) is 0.394. The lowest BCUT2D eigenvalue weighted by Gasteiger charge is -2.40. The lowest BCUT2D eigenvalue weighted by atomic mass is 9.77. The summed E-state index contributed by atoms with van der Waals surface area (Å²) in [6.07, 6.45) is 3.51. The third-order valence-corrected chi connectivity index (χ3v) is 7.25. The maximum absolute atomic E-state index is 15.0. The van der Waals surface area contributed by atoms with Gasteiger partial charge in [0.2, 0.25) is 0 Å². The second-order valence-corrected chi connectivity index (χ2v) is 9.59. The van der Waals surface area contributed by atoms with Crippen LogP contribution in [0.1, 0.15) is 69.4 Å². The highest BCUT2D eigenvalue weighted by molar-refractivity contribution is 5.66. The normalized spacial score (nSPS) is 27.7. The van der Waals surface area contributed by atoms with Crippen molar-refractivity contribution in [3.05, 3.63) is 58.7 Å². The van der Waals surface area contributed by atoms with Gasteiger partial charge in [0.25, 0.3) is 0 Å². The Balaban J connectivity index is 1.44. The van der Waals surface area contributed by atoms with Crippen LogP contribution in [0.25, 0.3) is 11.1 Å². The summed E-state index contributed by atoms with van der Waals surface area (Å²) in [5.74, 6) is -4.52. The average molecular weight is 483 g/mol. The van der Waals surface area contributed by atoms with E-state index in [-0.39, 0.29) is 47.3 Å². The number of rotatable bonds is 6. The SMILES string of the molecule is CCCC1(F)COC(C2CCC(c3ccc(-c4ccc(CC)c(F)c4F)c(F)c3F)CC2)OC1. The summed E-state index contributed by atoms with van der Waals surface area (Å²) >= 11 is 0. The Bertz CT molecular complexity index is 1010. The van der Waals surface area contributed by atoms with Crippen LogP contribution in [0.3, 0.4) is 0 Å². The monoisotopic (exact) mass is 482 g/mol. The third kappa shape index (κ3) is 4.87. The van der Waals surface area contributed by atoms with E-state index in [1.165, 1.54) is 24.3 Å². The molecule has 2 nitrogen and oxygen atoms in total. The summed E-state index contributed by atoms with van der Waals surface area (Å²) in [7, 11) is 0. The molecule has 0 amide bonds. The topological polar surface area (TPSA) is 18.5 Å². The van der Waals surface area contributed by atoms with Gasteiger partial charge in [-0.3, -0.25) is 0 Å². The Morgan fingerprint density at radius 3 is 1.97 bits per heavy atom. The van der Waals surface area contributed by atoms with Gasteiger partial charge in [0.15, 0.2) is 35.2 Å². The van der Waals surface area contributed by atoms with Gasteiger partial charge in [0, 0.05) is 17.0 Å². The molecule has 2 aromatic carbocycles. The number of ether oxygens (including phenoxy) is 2. The third-order valence-electron chi connectivity index (χ3n) is 7.25. The van der Waals surface area contributed by atoms with E-state index in [9.17, 15) is 17.6 Å². The summed E-state index contributed by atoms with van der Waals surface area (Å²) in [5.41, 5.74) is -1.60. The smallest absolute Gasteiger partial charge is 0.167 e. The molecule has 2 aromatic rings. The Labute approximate surface area is 197 Å². The highest BCUT2D eigenvalue weighted by Crippen LogP contribution is 2.42. The Morgan fingerprint density at radius 2 is 1.38 bits per heavy atom. The minimum Gasteiger partial charge on any atom is -0.349 e. The van der Waals surface area contributed by atoms with Gasteiger partial charge in [-0.25, -0.2) is 22.0 Å². The molecule has 2 fully saturated rings. The lowest BCUT2D eigenvalue weighted by molar-refractivity contribution is -0.257. The molecule has 0 spiro atoms. The van der Waals surface area contributed by atoms with Crippen LogP contribution in [-0.4, -0.2) is 25.2 Å². The highest BCUT2D eigenvalue weighted by atomic mass is 19.2. The average Bonchev–Trinajstić information content (AvgIpc) is 2.84. The zero-order chi connectivity index (χ0) is 24.5. The highest BCUT2D eigenvalue weighted by Gasteiger charge is 2.40. The zero-order valence-electron chi connectivity index (χ0n) is 19.6. The molecule has 186 valence electrons. The summed E-state index contributed by atoms with van der Waals surface area (Å²) in [6, 6.07) is 5.48. The van der Waals surface area contributed by atoms with E-state index in [0.717, 1.165) is 0 Å². The summed E-state index contributed by atoms with van der Waals surface area (Å²) in [4.78, 5) is 0. The maximum Gasteiger partial charge on any atom is 0.167 e. The van der Waals surface area contributed by atoms with E-state index in [1.54, 1.807) is 6.92 Å². The van der Waals surface area contributed by atoms with Crippen LogP contribution in [0.5, 0.6) is 0 Å². The molecule has 4 rings (SSSR count). The van der Waals surface area contributed by atoms with Crippen molar-refractivity contribution in [2.75, 3.05) is 13.2 Å². The fourth-order valence-electron chi connectivity index (χ4n) is 5.28. The van der Waals surface area contributed by atoms with Crippen LogP contribution >= 0.6 is 0 Å². The largest absolute Gasteiger partial charge is 0.349 e.